The van der Waals surface area contributed by atoms with E-state index >= 15 is 0 Å². The van der Waals surface area contributed by atoms with Crippen LogP contribution in [0.3, 0.4) is 0 Å². The largest absolute Gasteiger partial charge is 0.444 e. The number of carbonyl (C=O) groups excluding carboxylic acids is 1. The molecule has 0 aliphatic carbocycles. The van der Waals surface area contributed by atoms with Crippen molar-refractivity contribution in [1.29, 1.82) is 0 Å². The number of halogens is 1. The molecule has 2 aromatic heterocycles. The summed E-state index contributed by atoms with van der Waals surface area (Å²) < 4.78 is 7.16. The Morgan fingerprint density at radius 2 is 1.93 bits per heavy atom. The Labute approximate surface area is 167 Å². The number of carbonyl (C=O) groups is 1. The number of aromatic nitrogens is 4. The summed E-state index contributed by atoms with van der Waals surface area (Å²) in [5.41, 5.74) is -0.292. The number of rotatable bonds is 2. The number of fused-ring (bicyclic) bond motifs is 1. The van der Waals surface area contributed by atoms with Gasteiger partial charge >= 0.3 is 6.09 Å². The summed E-state index contributed by atoms with van der Waals surface area (Å²) in [4.78, 5) is 39.4. The van der Waals surface area contributed by atoms with Crippen LogP contribution in [0.5, 0.6) is 0 Å². The molecule has 0 bridgehead atoms. The van der Waals surface area contributed by atoms with E-state index in [0.29, 0.717) is 44.2 Å². The highest BCUT2D eigenvalue weighted by Crippen LogP contribution is 2.22. The van der Waals surface area contributed by atoms with Gasteiger partial charge in [0.1, 0.15) is 5.60 Å². The number of amides is 1. The molecular weight excluding hydrogens is 384 g/mol. The number of imidazole rings is 1. The molecule has 0 unspecified atom stereocenters. The van der Waals surface area contributed by atoms with Crippen LogP contribution in [0.15, 0.2) is 4.79 Å². The van der Waals surface area contributed by atoms with E-state index < -0.39 is 5.60 Å². The van der Waals surface area contributed by atoms with Gasteiger partial charge in [-0.1, -0.05) is 5.92 Å². The van der Waals surface area contributed by atoms with Crippen molar-refractivity contribution in [2.45, 2.75) is 39.8 Å². The highest BCUT2D eigenvalue weighted by Gasteiger charge is 2.28. The first-order valence-electron chi connectivity index (χ1n) is 8.98. The zero-order valence-electron chi connectivity index (χ0n) is 16.4. The lowest BCUT2D eigenvalue weighted by molar-refractivity contribution is 0.0240. The van der Waals surface area contributed by atoms with Gasteiger partial charge in [0.05, 0.1) is 6.54 Å². The minimum Gasteiger partial charge on any atom is -0.444 e. The van der Waals surface area contributed by atoms with E-state index in [2.05, 4.69) is 26.8 Å². The standard InChI is InChI=1S/C18H23ClN6O3/c1-5-6-7-25-12-13(20-15(19)22-14(12)26)21-16(25)23-8-10-24(11-9-23)17(27)28-18(2,3)4/h7-11H2,1-4H3,(H,20,22,26). The molecule has 3 rings (SSSR count). The van der Waals surface area contributed by atoms with Gasteiger partial charge in [-0.2, -0.15) is 9.97 Å². The molecule has 1 aliphatic rings. The van der Waals surface area contributed by atoms with Crippen molar-refractivity contribution in [3.05, 3.63) is 15.6 Å². The smallest absolute Gasteiger partial charge is 0.410 e. The average Bonchev–Trinajstić information content (AvgIpc) is 2.97. The quantitative estimate of drug-likeness (QED) is 0.604. The topological polar surface area (TPSA) is 96.3 Å². The van der Waals surface area contributed by atoms with Gasteiger partial charge in [0.2, 0.25) is 11.2 Å². The molecule has 0 aromatic carbocycles. The average molecular weight is 407 g/mol. The third-order valence-electron chi connectivity index (χ3n) is 4.19. The number of piperazine rings is 1. The molecule has 0 spiro atoms. The van der Waals surface area contributed by atoms with Gasteiger partial charge in [-0.3, -0.25) is 14.3 Å². The minimum absolute atomic E-state index is 0.00924. The molecular formula is C18H23ClN6O3. The second kappa shape index (κ2) is 7.72. The van der Waals surface area contributed by atoms with E-state index in [-0.39, 0.29) is 22.6 Å². The molecule has 1 fully saturated rings. The molecule has 1 amide bonds. The van der Waals surface area contributed by atoms with Gasteiger partial charge in [-0.05, 0) is 39.3 Å². The SMILES string of the molecule is CC#CCn1c(N2CCN(C(=O)OC(C)(C)C)CC2)nc2nc(Cl)[nH]c(=O)c21. The summed E-state index contributed by atoms with van der Waals surface area (Å²) in [6.45, 7) is 9.64. The lowest BCUT2D eigenvalue weighted by Gasteiger charge is -2.36. The molecule has 28 heavy (non-hydrogen) atoms. The van der Waals surface area contributed by atoms with Crippen LogP contribution in [0.4, 0.5) is 10.7 Å². The van der Waals surface area contributed by atoms with Gasteiger partial charge in [0.15, 0.2) is 11.2 Å². The highest BCUT2D eigenvalue weighted by atomic mass is 35.5. The molecule has 3 heterocycles. The van der Waals surface area contributed by atoms with Gasteiger partial charge in [-0.15, -0.1) is 5.92 Å². The maximum atomic E-state index is 12.4. The van der Waals surface area contributed by atoms with Crippen molar-refractivity contribution in [1.82, 2.24) is 24.4 Å². The van der Waals surface area contributed by atoms with E-state index in [1.807, 2.05) is 25.7 Å². The summed E-state index contributed by atoms with van der Waals surface area (Å²) in [5, 5.41) is -0.00924. The fraction of sp³-hybridized carbons (Fsp3) is 0.556. The first kappa shape index (κ1) is 20.0. The molecule has 0 atom stereocenters. The fourth-order valence-corrected chi connectivity index (χ4v) is 3.14. The highest BCUT2D eigenvalue weighted by molar-refractivity contribution is 6.28. The number of nitrogens with one attached hydrogen (secondary N) is 1. The Hall–Kier alpha value is -2.73. The maximum absolute atomic E-state index is 12.4. The maximum Gasteiger partial charge on any atom is 0.410 e. The summed E-state index contributed by atoms with van der Waals surface area (Å²) in [7, 11) is 0. The Kier molecular flexibility index (Phi) is 5.52. The van der Waals surface area contributed by atoms with Crippen molar-refractivity contribution in [3.8, 4) is 11.8 Å². The van der Waals surface area contributed by atoms with Gasteiger partial charge < -0.3 is 14.5 Å². The molecule has 1 N–H and O–H groups in total. The normalized spacial score (nSPS) is 14.8. The zero-order chi connectivity index (χ0) is 20.5. The Morgan fingerprint density at radius 1 is 1.25 bits per heavy atom. The molecule has 0 radical (unpaired) electrons. The van der Waals surface area contributed by atoms with Gasteiger partial charge in [0.25, 0.3) is 5.56 Å². The van der Waals surface area contributed by atoms with E-state index in [1.165, 1.54) is 0 Å². The van der Waals surface area contributed by atoms with Crippen molar-refractivity contribution in [2.75, 3.05) is 31.1 Å². The number of ether oxygens (including phenoxy) is 1. The van der Waals surface area contributed by atoms with Crippen molar-refractivity contribution < 1.29 is 9.53 Å². The van der Waals surface area contributed by atoms with Crippen LogP contribution >= 0.6 is 11.6 Å². The first-order valence-corrected chi connectivity index (χ1v) is 9.36. The number of hydrogen-bond acceptors (Lipinski definition) is 6. The molecule has 10 heteroatoms. The van der Waals surface area contributed by atoms with Crippen molar-refractivity contribution in [3.63, 3.8) is 0 Å². The zero-order valence-corrected chi connectivity index (χ0v) is 17.1. The number of anilines is 1. The molecule has 1 saturated heterocycles. The van der Waals surface area contributed by atoms with Crippen LogP contribution in [0.1, 0.15) is 27.7 Å². The molecule has 0 saturated carbocycles. The minimum atomic E-state index is -0.535. The van der Waals surface area contributed by atoms with E-state index in [4.69, 9.17) is 16.3 Å². The number of hydrogen-bond donors (Lipinski definition) is 1. The van der Waals surface area contributed by atoms with Crippen LogP contribution in [0, 0.1) is 11.8 Å². The molecule has 1 aliphatic heterocycles. The Balaban J connectivity index is 1.86. The van der Waals surface area contributed by atoms with Crippen LogP contribution in [-0.2, 0) is 11.3 Å². The van der Waals surface area contributed by atoms with E-state index in [9.17, 15) is 9.59 Å². The number of H-pyrrole nitrogens is 1. The monoisotopic (exact) mass is 406 g/mol. The summed E-state index contributed by atoms with van der Waals surface area (Å²) in [6.07, 6.45) is -0.331. The van der Waals surface area contributed by atoms with Crippen LogP contribution in [0.25, 0.3) is 11.2 Å². The third-order valence-corrected chi connectivity index (χ3v) is 4.37. The predicted octanol–water partition coefficient (Wildman–Crippen LogP) is 1.85. The second-order valence-electron chi connectivity index (χ2n) is 7.41. The Morgan fingerprint density at radius 3 is 2.54 bits per heavy atom. The van der Waals surface area contributed by atoms with Crippen molar-refractivity contribution >= 4 is 34.8 Å². The van der Waals surface area contributed by atoms with Gasteiger partial charge in [-0.25, -0.2) is 4.79 Å². The van der Waals surface area contributed by atoms with Crippen LogP contribution in [0.2, 0.25) is 5.28 Å². The Bertz CT molecular complexity index is 1000. The number of aromatic amines is 1. The fourth-order valence-electron chi connectivity index (χ4n) is 2.97. The molecule has 150 valence electrons. The third kappa shape index (κ3) is 4.22. The van der Waals surface area contributed by atoms with Crippen LogP contribution in [-0.4, -0.2) is 62.3 Å². The van der Waals surface area contributed by atoms with Crippen molar-refractivity contribution in [2.24, 2.45) is 0 Å². The van der Waals surface area contributed by atoms with E-state index in [1.54, 1.807) is 16.4 Å². The van der Waals surface area contributed by atoms with E-state index in [0.717, 1.165) is 0 Å². The first-order chi connectivity index (χ1) is 13.2. The van der Waals surface area contributed by atoms with Crippen LogP contribution < -0.4 is 10.5 Å². The molecule has 2 aromatic rings. The summed E-state index contributed by atoms with van der Waals surface area (Å²) in [5.74, 6) is 6.38. The lowest BCUT2D eigenvalue weighted by atomic mass is 10.2. The summed E-state index contributed by atoms with van der Waals surface area (Å²) >= 11 is 5.87. The summed E-state index contributed by atoms with van der Waals surface area (Å²) in [6, 6.07) is 0. The predicted molar refractivity (Wildman–Crippen MR) is 107 cm³/mol. The second-order valence-corrected chi connectivity index (χ2v) is 7.77. The number of nitrogens with zero attached hydrogens (tertiary/aromatic N) is 5. The lowest BCUT2D eigenvalue weighted by Crippen LogP contribution is -2.50. The van der Waals surface area contributed by atoms with Gasteiger partial charge in [0, 0.05) is 26.2 Å². The molecule has 9 nitrogen and oxygen atoms in total.